The van der Waals surface area contributed by atoms with Crippen LogP contribution in [0.25, 0.3) is 0 Å². The van der Waals surface area contributed by atoms with E-state index in [0.717, 1.165) is 42.7 Å². The van der Waals surface area contributed by atoms with Crippen molar-refractivity contribution in [1.29, 1.82) is 0 Å². The highest BCUT2D eigenvalue weighted by atomic mass is 35.5. The zero-order valence-corrected chi connectivity index (χ0v) is 29.2. The van der Waals surface area contributed by atoms with Gasteiger partial charge in [0.1, 0.15) is 18.0 Å². The Labute approximate surface area is 294 Å². The molecule has 49 heavy (non-hydrogen) atoms. The van der Waals surface area contributed by atoms with E-state index < -0.39 is 23.9 Å². The summed E-state index contributed by atoms with van der Waals surface area (Å²) < 4.78 is 20.9. The van der Waals surface area contributed by atoms with Gasteiger partial charge in [-0.25, -0.2) is 4.39 Å². The van der Waals surface area contributed by atoms with Gasteiger partial charge in [0.05, 0.1) is 6.42 Å². The molecule has 2 atom stereocenters. The van der Waals surface area contributed by atoms with Crippen LogP contribution >= 0.6 is 11.6 Å². The lowest BCUT2D eigenvalue weighted by Crippen LogP contribution is -2.45. The van der Waals surface area contributed by atoms with E-state index in [1.807, 2.05) is 42.5 Å². The SMILES string of the molecule is CC(C)(C)CN1C(=O)C(CC(=O)NCc2ccccc2F)OC(c2cccc(CNCCCNCc3ccccc3)c2)c2cc(Cl)ccc21. The third-order valence-corrected chi connectivity index (χ3v) is 8.54. The van der Waals surface area contributed by atoms with Crippen LogP contribution in [-0.2, 0) is 34.0 Å². The quantitative estimate of drug-likeness (QED) is 0.121. The molecule has 0 bridgehead atoms. The Hall–Kier alpha value is -4.08. The second-order valence-corrected chi connectivity index (χ2v) is 14.1. The zero-order chi connectivity index (χ0) is 34.8. The summed E-state index contributed by atoms with van der Waals surface area (Å²) in [5.41, 5.74) is 4.78. The topological polar surface area (TPSA) is 82.7 Å². The summed E-state index contributed by atoms with van der Waals surface area (Å²) in [6, 6.07) is 30.2. The lowest BCUT2D eigenvalue weighted by atomic mass is 9.94. The molecule has 1 aliphatic heterocycles. The minimum absolute atomic E-state index is 0.00944. The van der Waals surface area contributed by atoms with Crippen molar-refractivity contribution < 1.29 is 18.7 Å². The Morgan fingerprint density at radius 2 is 1.55 bits per heavy atom. The van der Waals surface area contributed by atoms with Gasteiger partial charge >= 0.3 is 0 Å². The van der Waals surface area contributed by atoms with Gasteiger partial charge in [-0.1, -0.05) is 105 Å². The van der Waals surface area contributed by atoms with E-state index in [9.17, 15) is 14.0 Å². The molecule has 7 nitrogen and oxygen atoms in total. The molecule has 9 heteroatoms. The van der Waals surface area contributed by atoms with E-state index in [1.165, 1.54) is 11.6 Å². The molecule has 1 heterocycles. The van der Waals surface area contributed by atoms with Gasteiger partial charge in [0.2, 0.25) is 5.91 Å². The fraction of sp³-hybridized carbons (Fsp3) is 0.350. The first-order chi connectivity index (χ1) is 23.6. The van der Waals surface area contributed by atoms with Gasteiger partial charge in [-0.15, -0.1) is 0 Å². The van der Waals surface area contributed by atoms with Gasteiger partial charge < -0.3 is 25.6 Å². The molecule has 0 aliphatic carbocycles. The third-order valence-electron chi connectivity index (χ3n) is 8.30. The summed E-state index contributed by atoms with van der Waals surface area (Å²) >= 11 is 6.55. The summed E-state index contributed by atoms with van der Waals surface area (Å²) in [5, 5.41) is 10.3. The predicted octanol–water partition coefficient (Wildman–Crippen LogP) is 7.32. The van der Waals surface area contributed by atoms with Gasteiger partial charge in [0, 0.05) is 48.0 Å². The normalized spacial score (nSPS) is 16.3. The van der Waals surface area contributed by atoms with Crippen LogP contribution in [0.2, 0.25) is 5.02 Å². The summed E-state index contributed by atoms with van der Waals surface area (Å²) in [6.07, 6.45) is -0.971. The number of halogens is 2. The molecule has 3 N–H and O–H groups in total. The number of carbonyl (C=O) groups excluding carboxylic acids is 2. The first-order valence-corrected chi connectivity index (χ1v) is 17.3. The Bertz CT molecular complexity index is 1710. The molecule has 258 valence electrons. The summed E-state index contributed by atoms with van der Waals surface area (Å²) in [7, 11) is 0. The molecule has 2 amide bonds. The summed E-state index contributed by atoms with van der Waals surface area (Å²) in [4.78, 5) is 29.2. The van der Waals surface area contributed by atoms with Crippen molar-refractivity contribution in [1.82, 2.24) is 16.0 Å². The Morgan fingerprint density at radius 3 is 2.29 bits per heavy atom. The van der Waals surface area contributed by atoms with Crippen molar-refractivity contribution in [2.45, 2.75) is 65.5 Å². The summed E-state index contributed by atoms with van der Waals surface area (Å²) in [6.45, 7) is 9.87. The maximum atomic E-state index is 14.2. The van der Waals surface area contributed by atoms with Crippen molar-refractivity contribution in [2.24, 2.45) is 5.41 Å². The van der Waals surface area contributed by atoms with Crippen LogP contribution in [0.15, 0.2) is 97.1 Å². The molecule has 0 saturated heterocycles. The van der Waals surface area contributed by atoms with Crippen molar-refractivity contribution in [2.75, 3.05) is 24.5 Å². The van der Waals surface area contributed by atoms with Gasteiger partial charge in [-0.05, 0) is 65.9 Å². The van der Waals surface area contributed by atoms with E-state index >= 15 is 0 Å². The van der Waals surface area contributed by atoms with Crippen LogP contribution in [0.4, 0.5) is 10.1 Å². The lowest BCUT2D eigenvalue weighted by Gasteiger charge is -2.31. The van der Waals surface area contributed by atoms with E-state index in [2.05, 4.69) is 61.0 Å². The van der Waals surface area contributed by atoms with Crippen molar-refractivity contribution in [3.8, 4) is 0 Å². The predicted molar refractivity (Wildman–Crippen MR) is 194 cm³/mol. The molecule has 0 radical (unpaired) electrons. The van der Waals surface area contributed by atoms with Gasteiger partial charge in [-0.3, -0.25) is 9.59 Å². The maximum absolute atomic E-state index is 14.2. The van der Waals surface area contributed by atoms with Crippen LogP contribution in [0.5, 0.6) is 0 Å². The molecule has 5 rings (SSSR count). The van der Waals surface area contributed by atoms with Crippen molar-refractivity contribution >= 4 is 29.1 Å². The highest BCUT2D eigenvalue weighted by molar-refractivity contribution is 6.30. The molecule has 0 saturated carbocycles. The highest BCUT2D eigenvalue weighted by Crippen LogP contribution is 2.41. The molecule has 2 unspecified atom stereocenters. The van der Waals surface area contributed by atoms with Crippen LogP contribution in [0, 0.1) is 11.2 Å². The second-order valence-electron chi connectivity index (χ2n) is 13.7. The van der Waals surface area contributed by atoms with Crippen LogP contribution in [-0.4, -0.2) is 37.6 Å². The number of rotatable bonds is 14. The molecular formula is C40H46ClFN4O3. The maximum Gasteiger partial charge on any atom is 0.256 e. The number of nitrogens with one attached hydrogen (secondary N) is 3. The van der Waals surface area contributed by atoms with Crippen molar-refractivity contribution in [3.63, 3.8) is 0 Å². The van der Waals surface area contributed by atoms with Gasteiger partial charge in [0.15, 0.2) is 0 Å². The van der Waals surface area contributed by atoms with Crippen LogP contribution < -0.4 is 20.9 Å². The standard InChI is InChI=1S/C40H46ClFN4O3/c1-40(2,3)27-46-35-18-17-32(41)22-33(35)38(49-36(39(46)48)23-37(47)45-26-31-14-7-8-16-34(31)42)30-15-9-13-29(21-30)25-44-20-10-19-43-24-28-11-5-4-6-12-28/h4-9,11-18,21-22,36,38,43-44H,10,19-20,23-27H2,1-3H3,(H,45,47). The highest BCUT2D eigenvalue weighted by Gasteiger charge is 2.39. The minimum atomic E-state index is -1.08. The fourth-order valence-corrected chi connectivity index (χ4v) is 6.12. The third kappa shape index (κ3) is 10.5. The van der Waals surface area contributed by atoms with Crippen molar-refractivity contribution in [3.05, 3.63) is 136 Å². The molecule has 0 fully saturated rings. The van der Waals surface area contributed by atoms with E-state index in [1.54, 1.807) is 29.2 Å². The Balaban J connectivity index is 1.32. The van der Waals surface area contributed by atoms with Gasteiger partial charge in [-0.2, -0.15) is 0 Å². The number of benzene rings is 4. The number of hydrogen-bond donors (Lipinski definition) is 3. The molecule has 1 aliphatic rings. The van der Waals surface area contributed by atoms with Crippen LogP contribution in [0.3, 0.4) is 0 Å². The van der Waals surface area contributed by atoms with E-state index in [-0.39, 0.29) is 24.3 Å². The largest absolute Gasteiger partial charge is 0.355 e. The van der Waals surface area contributed by atoms with E-state index in [4.69, 9.17) is 16.3 Å². The molecular weight excluding hydrogens is 639 g/mol. The number of carbonyl (C=O) groups is 2. The monoisotopic (exact) mass is 684 g/mol. The fourth-order valence-electron chi connectivity index (χ4n) is 5.94. The number of fused-ring (bicyclic) bond motifs is 1. The van der Waals surface area contributed by atoms with Crippen LogP contribution in [0.1, 0.15) is 67.5 Å². The molecule has 0 spiro atoms. The Kier molecular flexibility index (Phi) is 12.6. The number of nitrogens with zero attached hydrogens (tertiary/aromatic N) is 1. The molecule has 4 aromatic rings. The molecule has 0 aromatic heterocycles. The number of amides is 2. The number of anilines is 1. The first-order valence-electron chi connectivity index (χ1n) is 16.9. The second kappa shape index (κ2) is 17.0. The number of hydrogen-bond acceptors (Lipinski definition) is 5. The summed E-state index contributed by atoms with van der Waals surface area (Å²) in [5.74, 6) is -1.11. The average molecular weight is 685 g/mol. The van der Waals surface area contributed by atoms with E-state index in [0.29, 0.717) is 29.4 Å². The zero-order valence-electron chi connectivity index (χ0n) is 28.5. The smallest absolute Gasteiger partial charge is 0.256 e. The first kappa shape index (κ1) is 36.2. The molecule has 4 aromatic carbocycles. The lowest BCUT2D eigenvalue weighted by molar-refractivity contribution is -0.138. The minimum Gasteiger partial charge on any atom is -0.355 e. The van der Waals surface area contributed by atoms with Gasteiger partial charge in [0.25, 0.3) is 5.91 Å². The average Bonchev–Trinajstić information content (AvgIpc) is 3.18. The number of ether oxygens (including phenoxy) is 1. The Morgan fingerprint density at radius 1 is 0.857 bits per heavy atom.